The van der Waals surface area contributed by atoms with Gasteiger partial charge in [0.25, 0.3) is 0 Å². The number of piperidine rings is 1. The fraction of sp³-hybridized carbons (Fsp3) is 0.590. The third-order valence-corrected chi connectivity index (χ3v) is 11.3. The molecule has 1 N–H and O–H groups in total. The molecule has 0 unspecified atom stereocenters. The highest BCUT2D eigenvalue weighted by molar-refractivity contribution is 5.77. The van der Waals surface area contributed by atoms with E-state index >= 15 is 0 Å². The van der Waals surface area contributed by atoms with E-state index in [2.05, 4.69) is 53.6 Å². The summed E-state index contributed by atoms with van der Waals surface area (Å²) in [5.74, 6) is 1.22. The Morgan fingerprint density at radius 1 is 1.13 bits per heavy atom. The molecule has 1 saturated heterocycles. The maximum atomic E-state index is 14.1. The van der Waals surface area contributed by atoms with Crippen LogP contribution in [-0.4, -0.2) is 64.6 Å². The van der Waals surface area contributed by atoms with E-state index in [0.717, 1.165) is 95.0 Å². The smallest absolute Gasteiger partial charge is 0.308 e. The number of ether oxygens (including phenoxy) is 2. The zero-order valence-electron chi connectivity index (χ0n) is 27.8. The van der Waals surface area contributed by atoms with Crippen molar-refractivity contribution in [2.45, 2.75) is 121 Å². The van der Waals surface area contributed by atoms with Crippen molar-refractivity contribution in [1.82, 2.24) is 9.80 Å². The zero-order valence-corrected chi connectivity index (χ0v) is 27.8. The lowest BCUT2D eigenvalue weighted by molar-refractivity contribution is -0.142. The van der Waals surface area contributed by atoms with Crippen molar-refractivity contribution in [3.05, 3.63) is 65.7 Å². The predicted molar refractivity (Wildman–Crippen MR) is 180 cm³/mol. The molecular weight excluding hydrogens is 576 g/mol. The average molecular weight is 629 g/mol. The Hall–Kier alpha value is -3.32. The summed E-state index contributed by atoms with van der Waals surface area (Å²) in [6.07, 6.45) is 14.4. The molecule has 5 atom stereocenters. The number of phenols is 1. The van der Waals surface area contributed by atoms with Gasteiger partial charge in [-0.3, -0.25) is 14.5 Å². The third-order valence-electron chi connectivity index (χ3n) is 11.3. The van der Waals surface area contributed by atoms with Gasteiger partial charge in [0.05, 0.1) is 6.04 Å². The van der Waals surface area contributed by atoms with Crippen LogP contribution in [0.15, 0.2) is 49.1 Å². The second kappa shape index (κ2) is 14.2. The van der Waals surface area contributed by atoms with E-state index in [1.807, 2.05) is 6.08 Å². The first-order valence-electron chi connectivity index (χ1n) is 17.8. The molecule has 248 valence electrons. The van der Waals surface area contributed by atoms with Crippen molar-refractivity contribution >= 4 is 11.9 Å². The number of esters is 1. The van der Waals surface area contributed by atoms with Crippen molar-refractivity contribution < 1.29 is 24.2 Å². The Kier molecular flexibility index (Phi) is 10.1. The molecule has 0 radical (unpaired) electrons. The van der Waals surface area contributed by atoms with Crippen molar-refractivity contribution in [3.8, 4) is 17.2 Å². The van der Waals surface area contributed by atoms with E-state index in [1.54, 1.807) is 6.07 Å². The van der Waals surface area contributed by atoms with Crippen LogP contribution in [0.1, 0.15) is 101 Å². The van der Waals surface area contributed by atoms with Crippen LogP contribution in [0.4, 0.5) is 0 Å². The van der Waals surface area contributed by atoms with Gasteiger partial charge in [-0.1, -0.05) is 69.0 Å². The summed E-state index contributed by atoms with van der Waals surface area (Å²) < 4.78 is 12.6. The maximum absolute atomic E-state index is 14.1. The monoisotopic (exact) mass is 628 g/mol. The number of carbonyl (C=O) groups is 2. The largest absolute Gasteiger partial charge is 0.508 e. The SMILES string of the molecule is C=CCN1CC[C@]23c4c5c(O)cc(OC(C)=O)c4O[C@H]2[C@H](N(CCCC)C(=O)CCCCCCCc2ccccc2)CC[C@H]3[C@H]1C5. The van der Waals surface area contributed by atoms with Gasteiger partial charge in [0.15, 0.2) is 11.5 Å². The summed E-state index contributed by atoms with van der Waals surface area (Å²) in [7, 11) is 0. The highest BCUT2D eigenvalue weighted by Gasteiger charge is 2.67. The number of aryl methyl sites for hydroxylation is 1. The van der Waals surface area contributed by atoms with E-state index in [1.165, 1.54) is 25.3 Å². The molecule has 1 saturated carbocycles. The Balaban J connectivity index is 1.21. The number of rotatable bonds is 15. The van der Waals surface area contributed by atoms with Gasteiger partial charge in [-0.2, -0.15) is 0 Å². The molecule has 2 bridgehead atoms. The van der Waals surface area contributed by atoms with Crippen LogP contribution >= 0.6 is 0 Å². The van der Waals surface area contributed by atoms with E-state index in [4.69, 9.17) is 9.47 Å². The standard InChI is InChI=1S/C39H52N2O5/c1-4-6-23-41(35(44)18-14-9-7-8-11-15-28-16-12-10-13-17-28)31-20-19-30-32-25-29-33(43)26-34(45-27(3)42)37-36(29)39(30,38(31)46-37)21-24-40(32)22-5-2/h5,10,12-13,16-17,26,30-32,38,43H,2,4,6-9,11,14-15,18-25H2,1,3H3/t30-,31+,32+,38-,39-/m0/s1. The molecule has 2 fully saturated rings. The van der Waals surface area contributed by atoms with Gasteiger partial charge in [0, 0.05) is 55.1 Å². The van der Waals surface area contributed by atoms with Crippen molar-refractivity contribution in [2.24, 2.45) is 5.92 Å². The number of carbonyl (C=O) groups excluding carboxylic acids is 2. The minimum Gasteiger partial charge on any atom is -0.508 e. The highest BCUT2D eigenvalue weighted by Crippen LogP contribution is 2.65. The molecule has 4 aliphatic rings. The molecule has 1 spiro atoms. The van der Waals surface area contributed by atoms with Crippen LogP contribution in [0.3, 0.4) is 0 Å². The van der Waals surface area contributed by atoms with Crippen molar-refractivity contribution in [2.75, 3.05) is 19.6 Å². The van der Waals surface area contributed by atoms with Gasteiger partial charge in [0.2, 0.25) is 5.91 Å². The number of hydrogen-bond donors (Lipinski definition) is 1. The van der Waals surface area contributed by atoms with Crippen LogP contribution in [0.2, 0.25) is 0 Å². The summed E-state index contributed by atoms with van der Waals surface area (Å²) >= 11 is 0. The molecule has 0 aromatic heterocycles. The highest BCUT2D eigenvalue weighted by atomic mass is 16.6. The second-order valence-corrected chi connectivity index (χ2v) is 14.0. The van der Waals surface area contributed by atoms with E-state index in [-0.39, 0.29) is 35.3 Å². The van der Waals surface area contributed by atoms with Gasteiger partial charge in [-0.05, 0) is 69.4 Å². The van der Waals surface area contributed by atoms with E-state index in [0.29, 0.717) is 23.8 Å². The molecule has 46 heavy (non-hydrogen) atoms. The number of aromatic hydroxyl groups is 1. The van der Waals surface area contributed by atoms with E-state index in [9.17, 15) is 14.7 Å². The molecule has 6 rings (SSSR count). The normalized spacial score (nSPS) is 25.8. The fourth-order valence-electron chi connectivity index (χ4n) is 9.32. The van der Waals surface area contributed by atoms with Crippen molar-refractivity contribution in [3.63, 3.8) is 0 Å². The summed E-state index contributed by atoms with van der Waals surface area (Å²) in [5, 5.41) is 11.3. The van der Waals surface area contributed by atoms with Crippen LogP contribution < -0.4 is 9.47 Å². The fourth-order valence-corrected chi connectivity index (χ4v) is 9.32. The lowest BCUT2D eigenvalue weighted by Crippen LogP contribution is -2.69. The Bertz CT molecular complexity index is 1410. The van der Waals surface area contributed by atoms with Gasteiger partial charge in [0.1, 0.15) is 11.9 Å². The molecule has 7 heteroatoms. The molecule has 2 aliphatic heterocycles. The Morgan fingerprint density at radius 2 is 1.91 bits per heavy atom. The summed E-state index contributed by atoms with van der Waals surface area (Å²) in [6.45, 7) is 10.0. The van der Waals surface area contributed by atoms with Gasteiger partial charge in [-0.15, -0.1) is 6.58 Å². The predicted octanol–water partition coefficient (Wildman–Crippen LogP) is 7.12. The van der Waals surface area contributed by atoms with Crippen LogP contribution in [-0.2, 0) is 27.8 Å². The lowest BCUT2D eigenvalue weighted by atomic mass is 9.50. The van der Waals surface area contributed by atoms with Gasteiger partial charge >= 0.3 is 5.97 Å². The number of likely N-dealkylation sites (tertiary alicyclic amines) is 1. The summed E-state index contributed by atoms with van der Waals surface area (Å²) in [4.78, 5) is 30.9. The van der Waals surface area contributed by atoms with Crippen LogP contribution in [0.5, 0.6) is 17.2 Å². The van der Waals surface area contributed by atoms with Gasteiger partial charge in [-0.25, -0.2) is 0 Å². The molecule has 2 aromatic rings. The average Bonchev–Trinajstić information content (AvgIpc) is 3.39. The van der Waals surface area contributed by atoms with E-state index < -0.39 is 5.97 Å². The minimum atomic E-state index is -0.436. The number of nitrogens with zero attached hydrogens (tertiary/aromatic N) is 2. The Morgan fingerprint density at radius 3 is 2.67 bits per heavy atom. The first-order valence-corrected chi connectivity index (χ1v) is 17.8. The summed E-state index contributed by atoms with van der Waals surface area (Å²) in [6, 6.07) is 12.4. The van der Waals surface area contributed by atoms with Crippen LogP contribution in [0.25, 0.3) is 0 Å². The maximum Gasteiger partial charge on any atom is 0.308 e. The molecular formula is C39H52N2O5. The molecule has 2 aromatic carbocycles. The summed E-state index contributed by atoms with van der Waals surface area (Å²) in [5.41, 5.74) is 3.03. The number of phenolic OH excluding ortho intramolecular Hbond substituents is 1. The molecule has 7 nitrogen and oxygen atoms in total. The van der Waals surface area contributed by atoms with Crippen molar-refractivity contribution in [1.29, 1.82) is 0 Å². The first-order chi connectivity index (χ1) is 22.4. The molecule has 2 heterocycles. The Labute approximate surface area is 274 Å². The van der Waals surface area contributed by atoms with Gasteiger partial charge < -0.3 is 19.5 Å². The second-order valence-electron chi connectivity index (χ2n) is 14.0. The van der Waals surface area contributed by atoms with Crippen LogP contribution in [0, 0.1) is 5.92 Å². The number of unbranched alkanes of at least 4 members (excludes halogenated alkanes) is 5. The first kappa shape index (κ1) is 32.6. The topological polar surface area (TPSA) is 79.3 Å². The molecule has 2 aliphatic carbocycles. The minimum absolute atomic E-state index is 0.0570. The lowest BCUT2D eigenvalue weighted by Gasteiger charge is -2.60. The molecule has 1 amide bonds. The number of hydrogen-bond acceptors (Lipinski definition) is 6. The quantitative estimate of drug-likeness (QED) is 0.0979. The third kappa shape index (κ3) is 6.08. The number of benzene rings is 2. The zero-order chi connectivity index (χ0) is 32.3. The number of amides is 1.